The van der Waals surface area contributed by atoms with Gasteiger partial charge in [0.15, 0.2) is 0 Å². The highest BCUT2D eigenvalue weighted by atomic mass is 35.5. The monoisotopic (exact) mass is 302 g/mol. The predicted octanol–water partition coefficient (Wildman–Crippen LogP) is 3.96. The first-order valence-corrected chi connectivity index (χ1v) is 7.21. The Morgan fingerprint density at radius 3 is 2.47 bits per heavy atom. The van der Waals surface area contributed by atoms with E-state index in [0.717, 1.165) is 19.4 Å². The van der Waals surface area contributed by atoms with Crippen molar-refractivity contribution in [2.75, 3.05) is 18.4 Å². The van der Waals surface area contributed by atoms with Gasteiger partial charge in [-0.3, -0.25) is 4.79 Å². The number of carbonyl (C=O) groups is 1. The standard InChI is InChI=1S/C14H20Cl2N2O/c1-10(2)5-4-8-17-9-13(19)18-14-11(15)6-3-7-12(14)16/h3,6-7,10,17H,4-5,8-9H2,1-2H3,(H,18,19). The van der Waals surface area contributed by atoms with Crippen molar-refractivity contribution < 1.29 is 4.79 Å². The normalized spacial score (nSPS) is 10.8. The topological polar surface area (TPSA) is 41.1 Å². The summed E-state index contributed by atoms with van der Waals surface area (Å²) in [6, 6.07) is 5.13. The molecule has 0 bridgehead atoms. The minimum atomic E-state index is -0.139. The first-order chi connectivity index (χ1) is 9.00. The van der Waals surface area contributed by atoms with Crippen molar-refractivity contribution in [3.63, 3.8) is 0 Å². The molecular formula is C14H20Cl2N2O. The van der Waals surface area contributed by atoms with Gasteiger partial charge in [-0.05, 0) is 37.4 Å². The molecule has 0 aromatic heterocycles. The lowest BCUT2D eigenvalue weighted by molar-refractivity contribution is -0.115. The van der Waals surface area contributed by atoms with Gasteiger partial charge in [0, 0.05) is 0 Å². The zero-order valence-electron chi connectivity index (χ0n) is 11.3. The average molecular weight is 303 g/mol. The molecule has 3 nitrogen and oxygen atoms in total. The SMILES string of the molecule is CC(C)CCCNCC(=O)Nc1c(Cl)cccc1Cl. The highest BCUT2D eigenvalue weighted by molar-refractivity contribution is 6.39. The third kappa shape index (κ3) is 6.28. The predicted molar refractivity (Wildman–Crippen MR) is 82.0 cm³/mol. The van der Waals surface area contributed by atoms with Gasteiger partial charge in [-0.15, -0.1) is 0 Å². The fraction of sp³-hybridized carbons (Fsp3) is 0.500. The summed E-state index contributed by atoms with van der Waals surface area (Å²) >= 11 is 11.9. The van der Waals surface area contributed by atoms with Crippen LogP contribution in [0.4, 0.5) is 5.69 Å². The molecule has 0 heterocycles. The average Bonchev–Trinajstić information content (AvgIpc) is 2.33. The van der Waals surface area contributed by atoms with Gasteiger partial charge in [0.25, 0.3) is 0 Å². The van der Waals surface area contributed by atoms with Gasteiger partial charge in [-0.25, -0.2) is 0 Å². The Kier molecular flexibility index (Phi) is 7.21. The molecule has 106 valence electrons. The van der Waals surface area contributed by atoms with Gasteiger partial charge >= 0.3 is 0 Å². The van der Waals surface area contributed by atoms with E-state index in [1.54, 1.807) is 18.2 Å². The van der Waals surface area contributed by atoms with E-state index in [1.165, 1.54) is 0 Å². The number of amides is 1. The van der Waals surface area contributed by atoms with Crippen LogP contribution >= 0.6 is 23.2 Å². The van der Waals surface area contributed by atoms with Crippen LogP contribution in [-0.2, 0) is 4.79 Å². The molecule has 1 aromatic rings. The van der Waals surface area contributed by atoms with Crippen LogP contribution in [0.15, 0.2) is 18.2 Å². The van der Waals surface area contributed by atoms with Crippen molar-refractivity contribution in [1.82, 2.24) is 5.32 Å². The van der Waals surface area contributed by atoms with Crippen LogP contribution in [0.3, 0.4) is 0 Å². The van der Waals surface area contributed by atoms with E-state index in [0.29, 0.717) is 21.7 Å². The van der Waals surface area contributed by atoms with Crippen LogP contribution in [0.25, 0.3) is 0 Å². The fourth-order valence-corrected chi connectivity index (χ4v) is 2.13. The molecule has 0 aliphatic heterocycles. The maximum Gasteiger partial charge on any atom is 0.238 e. The molecule has 0 aliphatic carbocycles. The molecule has 5 heteroatoms. The second-order valence-corrected chi connectivity index (χ2v) is 5.67. The van der Waals surface area contributed by atoms with E-state index in [9.17, 15) is 4.79 Å². The van der Waals surface area contributed by atoms with Gasteiger partial charge in [0.1, 0.15) is 0 Å². The molecule has 1 amide bonds. The molecule has 19 heavy (non-hydrogen) atoms. The van der Waals surface area contributed by atoms with E-state index in [4.69, 9.17) is 23.2 Å². The Balaban J connectivity index is 2.32. The summed E-state index contributed by atoms with van der Waals surface area (Å²) in [6.07, 6.45) is 2.22. The van der Waals surface area contributed by atoms with Gasteiger partial charge in [-0.1, -0.05) is 43.1 Å². The van der Waals surface area contributed by atoms with Gasteiger partial charge in [0.2, 0.25) is 5.91 Å². The van der Waals surface area contributed by atoms with E-state index in [2.05, 4.69) is 24.5 Å². The molecule has 1 aromatic carbocycles. The van der Waals surface area contributed by atoms with Crippen LogP contribution in [0.5, 0.6) is 0 Å². The van der Waals surface area contributed by atoms with Crippen molar-refractivity contribution in [1.29, 1.82) is 0 Å². The molecule has 0 aliphatic rings. The Morgan fingerprint density at radius 2 is 1.89 bits per heavy atom. The molecule has 0 atom stereocenters. The number of hydrogen-bond donors (Lipinski definition) is 2. The maximum absolute atomic E-state index is 11.7. The number of para-hydroxylation sites is 1. The Hall–Kier alpha value is -0.770. The molecule has 0 saturated heterocycles. The molecule has 0 fully saturated rings. The highest BCUT2D eigenvalue weighted by Crippen LogP contribution is 2.29. The second-order valence-electron chi connectivity index (χ2n) is 4.86. The summed E-state index contributed by atoms with van der Waals surface area (Å²) in [5.74, 6) is 0.553. The quantitative estimate of drug-likeness (QED) is 0.749. The molecular weight excluding hydrogens is 283 g/mol. The number of hydrogen-bond acceptors (Lipinski definition) is 2. The number of anilines is 1. The number of halogens is 2. The van der Waals surface area contributed by atoms with E-state index < -0.39 is 0 Å². The third-order valence-corrected chi connectivity index (χ3v) is 3.28. The van der Waals surface area contributed by atoms with Gasteiger partial charge < -0.3 is 10.6 Å². The number of nitrogens with one attached hydrogen (secondary N) is 2. The lowest BCUT2D eigenvalue weighted by Crippen LogP contribution is -2.29. The number of carbonyl (C=O) groups excluding carboxylic acids is 1. The summed E-state index contributed by atoms with van der Waals surface area (Å²) < 4.78 is 0. The molecule has 0 saturated carbocycles. The van der Waals surface area contributed by atoms with Gasteiger partial charge in [-0.2, -0.15) is 0 Å². The first-order valence-electron chi connectivity index (χ1n) is 6.45. The first kappa shape index (κ1) is 16.3. The third-order valence-electron chi connectivity index (χ3n) is 2.65. The minimum Gasteiger partial charge on any atom is -0.322 e. The van der Waals surface area contributed by atoms with Crippen LogP contribution < -0.4 is 10.6 Å². The van der Waals surface area contributed by atoms with E-state index >= 15 is 0 Å². The largest absolute Gasteiger partial charge is 0.322 e. The summed E-state index contributed by atoms with van der Waals surface area (Å²) in [5.41, 5.74) is 0.472. The Labute approximate surface area is 124 Å². The zero-order chi connectivity index (χ0) is 14.3. The number of rotatable bonds is 7. The highest BCUT2D eigenvalue weighted by Gasteiger charge is 2.08. The summed E-state index contributed by atoms with van der Waals surface area (Å²) in [6.45, 7) is 5.47. The fourth-order valence-electron chi connectivity index (χ4n) is 1.64. The van der Waals surface area contributed by atoms with E-state index in [-0.39, 0.29) is 12.5 Å². The zero-order valence-corrected chi connectivity index (χ0v) is 12.8. The van der Waals surface area contributed by atoms with Crippen molar-refractivity contribution >= 4 is 34.8 Å². The molecule has 1 rings (SSSR count). The summed E-state index contributed by atoms with van der Waals surface area (Å²) in [5, 5.41) is 6.70. The van der Waals surface area contributed by atoms with Crippen molar-refractivity contribution in [2.45, 2.75) is 26.7 Å². The summed E-state index contributed by atoms with van der Waals surface area (Å²) in [7, 11) is 0. The molecule has 0 unspecified atom stereocenters. The van der Waals surface area contributed by atoms with Gasteiger partial charge in [0.05, 0.1) is 22.3 Å². The van der Waals surface area contributed by atoms with Crippen LogP contribution in [0.1, 0.15) is 26.7 Å². The smallest absolute Gasteiger partial charge is 0.238 e. The Bertz CT molecular complexity index is 402. The molecule has 0 spiro atoms. The van der Waals surface area contributed by atoms with E-state index in [1.807, 2.05) is 0 Å². The summed E-state index contributed by atoms with van der Waals surface area (Å²) in [4.78, 5) is 11.7. The van der Waals surface area contributed by atoms with Crippen molar-refractivity contribution in [2.24, 2.45) is 5.92 Å². The second kappa shape index (κ2) is 8.41. The lowest BCUT2D eigenvalue weighted by Gasteiger charge is -2.10. The van der Waals surface area contributed by atoms with Crippen LogP contribution in [-0.4, -0.2) is 19.0 Å². The van der Waals surface area contributed by atoms with Crippen molar-refractivity contribution in [3.05, 3.63) is 28.2 Å². The number of benzene rings is 1. The van der Waals surface area contributed by atoms with Crippen LogP contribution in [0, 0.1) is 5.92 Å². The van der Waals surface area contributed by atoms with Crippen LogP contribution in [0.2, 0.25) is 10.0 Å². The maximum atomic E-state index is 11.7. The van der Waals surface area contributed by atoms with Crippen molar-refractivity contribution in [3.8, 4) is 0 Å². The molecule has 0 radical (unpaired) electrons. The molecule has 2 N–H and O–H groups in total. The minimum absolute atomic E-state index is 0.139. The Morgan fingerprint density at radius 1 is 1.26 bits per heavy atom. The lowest BCUT2D eigenvalue weighted by atomic mass is 10.1.